The second-order valence-electron chi connectivity index (χ2n) is 4.69. The van der Waals surface area contributed by atoms with Gasteiger partial charge in [-0.1, -0.05) is 59.1 Å². The van der Waals surface area contributed by atoms with Crippen LogP contribution in [0.4, 0.5) is 0 Å². The molecule has 0 fully saturated rings. The van der Waals surface area contributed by atoms with Crippen molar-refractivity contribution >= 4 is 0 Å². The first-order valence-electron chi connectivity index (χ1n) is 5.72. The highest BCUT2D eigenvalue weighted by Gasteiger charge is 2.19. The lowest BCUT2D eigenvalue weighted by molar-refractivity contribution is 0.378. The van der Waals surface area contributed by atoms with E-state index in [1.54, 1.807) is 0 Å². The van der Waals surface area contributed by atoms with Gasteiger partial charge in [0.05, 0.1) is 0 Å². The Morgan fingerprint density at radius 1 is 1.08 bits per heavy atom. The molecule has 0 heteroatoms. The third-order valence-electron chi connectivity index (χ3n) is 2.94. The smallest absolute Gasteiger partial charge is 0.0147 e. The molecule has 0 nitrogen and oxygen atoms in total. The predicted octanol–water partition coefficient (Wildman–Crippen LogP) is 4.95. The van der Waals surface area contributed by atoms with E-state index < -0.39 is 0 Å². The van der Waals surface area contributed by atoms with Gasteiger partial charge in [0, 0.05) is 0 Å². The number of hydrogen-bond acceptors (Lipinski definition) is 0. The summed E-state index contributed by atoms with van der Waals surface area (Å²) in [6.07, 6.45) is 7.72. The van der Waals surface area contributed by atoms with Crippen molar-refractivity contribution in [2.24, 2.45) is 5.41 Å². The van der Waals surface area contributed by atoms with Gasteiger partial charge in [-0.3, -0.25) is 0 Å². The molecule has 0 aromatic rings. The standard InChI is InChI=1S/C13H26/c1-6-8-10-12(3)13(4,5)11-9-7-2/h3,6-11H2,1-2,4-5H3. The lowest BCUT2D eigenvalue weighted by atomic mass is 9.78. The Labute approximate surface area is 84.4 Å². The SMILES string of the molecule is C=C(CCCC)C(C)(C)CCCC. The fourth-order valence-electron chi connectivity index (χ4n) is 1.52. The molecule has 0 saturated heterocycles. The molecule has 0 radical (unpaired) electrons. The summed E-state index contributed by atoms with van der Waals surface area (Å²) < 4.78 is 0. The first-order chi connectivity index (χ1) is 6.04. The number of unbranched alkanes of at least 4 members (excludes halogenated alkanes) is 2. The summed E-state index contributed by atoms with van der Waals surface area (Å²) in [5, 5.41) is 0. The highest BCUT2D eigenvalue weighted by atomic mass is 14.2. The van der Waals surface area contributed by atoms with Crippen LogP contribution in [0.1, 0.15) is 66.2 Å². The van der Waals surface area contributed by atoms with Crippen LogP contribution in [0.15, 0.2) is 12.2 Å². The summed E-state index contributed by atoms with van der Waals surface area (Å²) in [7, 11) is 0. The summed E-state index contributed by atoms with van der Waals surface area (Å²) in [5.74, 6) is 0. The Morgan fingerprint density at radius 2 is 1.62 bits per heavy atom. The molecular weight excluding hydrogens is 156 g/mol. The molecule has 0 amide bonds. The molecule has 0 aliphatic rings. The first-order valence-corrected chi connectivity index (χ1v) is 5.72. The average molecular weight is 182 g/mol. The van der Waals surface area contributed by atoms with Crippen molar-refractivity contribution in [2.75, 3.05) is 0 Å². The van der Waals surface area contributed by atoms with E-state index in [0.717, 1.165) is 0 Å². The summed E-state index contributed by atoms with van der Waals surface area (Å²) in [6, 6.07) is 0. The highest BCUT2D eigenvalue weighted by molar-refractivity contribution is 5.06. The minimum absolute atomic E-state index is 0.366. The second kappa shape index (κ2) is 6.23. The normalized spacial score (nSPS) is 11.7. The maximum Gasteiger partial charge on any atom is -0.0147 e. The largest absolute Gasteiger partial charge is 0.0993 e. The molecule has 0 spiro atoms. The van der Waals surface area contributed by atoms with Gasteiger partial charge in [0.2, 0.25) is 0 Å². The molecule has 13 heavy (non-hydrogen) atoms. The molecule has 0 rings (SSSR count). The number of hydrogen-bond donors (Lipinski definition) is 0. The van der Waals surface area contributed by atoms with Crippen LogP contribution in [-0.4, -0.2) is 0 Å². The molecule has 0 aliphatic heterocycles. The third-order valence-corrected chi connectivity index (χ3v) is 2.94. The molecule has 0 bridgehead atoms. The Morgan fingerprint density at radius 3 is 2.08 bits per heavy atom. The quantitative estimate of drug-likeness (QED) is 0.489. The molecule has 0 aliphatic carbocycles. The van der Waals surface area contributed by atoms with Crippen molar-refractivity contribution in [3.05, 3.63) is 12.2 Å². The van der Waals surface area contributed by atoms with Crippen molar-refractivity contribution < 1.29 is 0 Å². The Bertz CT molecular complexity index is 142. The van der Waals surface area contributed by atoms with E-state index in [1.807, 2.05) is 0 Å². The van der Waals surface area contributed by atoms with Gasteiger partial charge >= 0.3 is 0 Å². The zero-order chi connectivity index (χ0) is 10.3. The van der Waals surface area contributed by atoms with Crippen molar-refractivity contribution in [2.45, 2.75) is 66.2 Å². The van der Waals surface area contributed by atoms with Gasteiger partial charge in [-0.2, -0.15) is 0 Å². The van der Waals surface area contributed by atoms with Crippen molar-refractivity contribution in [3.63, 3.8) is 0 Å². The van der Waals surface area contributed by atoms with Gasteiger partial charge in [0.15, 0.2) is 0 Å². The van der Waals surface area contributed by atoms with E-state index in [2.05, 4.69) is 34.3 Å². The fraction of sp³-hybridized carbons (Fsp3) is 0.846. The minimum Gasteiger partial charge on any atom is -0.0993 e. The van der Waals surface area contributed by atoms with Crippen LogP contribution in [0.2, 0.25) is 0 Å². The van der Waals surface area contributed by atoms with Gasteiger partial charge in [0.1, 0.15) is 0 Å². The molecule has 0 N–H and O–H groups in total. The van der Waals surface area contributed by atoms with E-state index in [1.165, 1.54) is 44.1 Å². The van der Waals surface area contributed by atoms with Crippen LogP contribution in [-0.2, 0) is 0 Å². The fourth-order valence-corrected chi connectivity index (χ4v) is 1.52. The molecule has 0 aromatic carbocycles. The zero-order valence-corrected chi connectivity index (χ0v) is 9.95. The molecule has 0 aromatic heterocycles. The molecular formula is C13H26. The van der Waals surface area contributed by atoms with E-state index in [9.17, 15) is 0 Å². The van der Waals surface area contributed by atoms with E-state index in [-0.39, 0.29) is 0 Å². The molecule has 0 atom stereocenters. The van der Waals surface area contributed by atoms with Crippen LogP contribution in [0.25, 0.3) is 0 Å². The molecule has 78 valence electrons. The molecule has 0 saturated carbocycles. The minimum atomic E-state index is 0.366. The maximum atomic E-state index is 4.22. The van der Waals surface area contributed by atoms with Gasteiger partial charge in [-0.05, 0) is 24.7 Å². The summed E-state index contributed by atoms with van der Waals surface area (Å²) >= 11 is 0. The summed E-state index contributed by atoms with van der Waals surface area (Å²) in [4.78, 5) is 0. The van der Waals surface area contributed by atoms with Crippen LogP contribution in [0.3, 0.4) is 0 Å². The Kier molecular flexibility index (Phi) is 6.11. The maximum absolute atomic E-state index is 4.22. The Hall–Kier alpha value is -0.260. The second-order valence-corrected chi connectivity index (χ2v) is 4.69. The van der Waals surface area contributed by atoms with E-state index in [4.69, 9.17) is 0 Å². The predicted molar refractivity (Wildman–Crippen MR) is 62.0 cm³/mol. The van der Waals surface area contributed by atoms with Crippen molar-refractivity contribution in [3.8, 4) is 0 Å². The lowest BCUT2D eigenvalue weighted by Gasteiger charge is -2.27. The average Bonchev–Trinajstić information content (AvgIpc) is 2.10. The van der Waals surface area contributed by atoms with Crippen LogP contribution in [0.5, 0.6) is 0 Å². The van der Waals surface area contributed by atoms with Gasteiger partial charge < -0.3 is 0 Å². The van der Waals surface area contributed by atoms with Crippen molar-refractivity contribution in [1.29, 1.82) is 0 Å². The van der Waals surface area contributed by atoms with E-state index in [0.29, 0.717) is 5.41 Å². The van der Waals surface area contributed by atoms with Gasteiger partial charge in [0.25, 0.3) is 0 Å². The molecule has 0 heterocycles. The zero-order valence-electron chi connectivity index (χ0n) is 9.95. The summed E-state index contributed by atoms with van der Waals surface area (Å²) in [6.45, 7) is 13.4. The number of allylic oxidation sites excluding steroid dienone is 1. The van der Waals surface area contributed by atoms with Crippen molar-refractivity contribution in [1.82, 2.24) is 0 Å². The lowest BCUT2D eigenvalue weighted by Crippen LogP contribution is -2.13. The van der Waals surface area contributed by atoms with E-state index >= 15 is 0 Å². The first kappa shape index (κ1) is 12.7. The van der Waals surface area contributed by atoms with Crippen LogP contribution >= 0.6 is 0 Å². The monoisotopic (exact) mass is 182 g/mol. The van der Waals surface area contributed by atoms with Crippen LogP contribution in [0, 0.1) is 5.41 Å². The van der Waals surface area contributed by atoms with Gasteiger partial charge in [-0.15, -0.1) is 0 Å². The Balaban J connectivity index is 3.87. The highest BCUT2D eigenvalue weighted by Crippen LogP contribution is 2.33. The molecule has 0 unspecified atom stereocenters. The topological polar surface area (TPSA) is 0 Å². The van der Waals surface area contributed by atoms with Gasteiger partial charge in [-0.25, -0.2) is 0 Å². The number of rotatable bonds is 7. The summed E-state index contributed by atoms with van der Waals surface area (Å²) in [5.41, 5.74) is 1.81. The van der Waals surface area contributed by atoms with Crippen LogP contribution < -0.4 is 0 Å². The third kappa shape index (κ3) is 5.13.